The smallest absolute Gasteiger partial charge is 0.310 e. The molecule has 2 N–H and O–H groups in total. The van der Waals surface area contributed by atoms with Crippen molar-refractivity contribution in [2.75, 3.05) is 52.9 Å². The number of ether oxygens (including phenoxy) is 8. The first kappa shape index (κ1) is 58.7. The highest BCUT2D eigenvalue weighted by atomic mass is 16.6. The molecule has 8 bridgehead atoms. The molecular formula is C56H66N4O16. The van der Waals surface area contributed by atoms with Crippen LogP contribution in [0.2, 0.25) is 0 Å². The van der Waals surface area contributed by atoms with Gasteiger partial charge in [0.15, 0.2) is 0 Å². The van der Waals surface area contributed by atoms with Crippen molar-refractivity contribution in [3.05, 3.63) is 93.6 Å². The van der Waals surface area contributed by atoms with E-state index in [0.29, 0.717) is 66.6 Å². The van der Waals surface area contributed by atoms with Gasteiger partial charge < -0.3 is 47.9 Å². The number of hydrogen-bond acceptors (Lipinski definition) is 18. The Hall–Kier alpha value is -8.16. The first-order valence-corrected chi connectivity index (χ1v) is 25.4. The second-order valence-electron chi connectivity index (χ2n) is 16.7. The van der Waals surface area contributed by atoms with Crippen LogP contribution in [0.4, 0.5) is 0 Å². The topological polar surface area (TPSA) is 268 Å². The molecule has 3 aromatic heterocycles. The highest BCUT2D eigenvalue weighted by Crippen LogP contribution is 2.39. The van der Waals surface area contributed by atoms with E-state index in [4.69, 9.17) is 47.9 Å². The van der Waals surface area contributed by atoms with Gasteiger partial charge in [-0.2, -0.15) is 0 Å². The van der Waals surface area contributed by atoms with E-state index in [1.807, 2.05) is 0 Å². The number of rotatable bonds is 24. The average Bonchev–Trinajstić information content (AvgIpc) is 4.04. The molecule has 406 valence electrons. The number of carbonyl (C=O) groups excluding carboxylic acids is 8. The van der Waals surface area contributed by atoms with Gasteiger partial charge >= 0.3 is 47.8 Å². The number of hydrogen-bond donors (Lipinski definition) is 2. The predicted octanol–water partition coefficient (Wildman–Crippen LogP) is 7.50. The minimum atomic E-state index is -0.625. The lowest BCUT2D eigenvalue weighted by atomic mass is 9.96. The zero-order valence-corrected chi connectivity index (χ0v) is 44.4. The van der Waals surface area contributed by atoms with Crippen LogP contribution in [-0.2, 0) is 102 Å². The fraction of sp³-hybridized carbons (Fsp3) is 0.429. The molecule has 0 aliphatic carbocycles. The molecule has 76 heavy (non-hydrogen) atoms. The molecule has 5 heterocycles. The van der Waals surface area contributed by atoms with Gasteiger partial charge in [0, 0.05) is 22.1 Å². The summed E-state index contributed by atoms with van der Waals surface area (Å²) in [6.07, 6.45) is -2.54. The van der Waals surface area contributed by atoms with E-state index in [-0.39, 0.29) is 127 Å². The normalized spacial score (nSPS) is 11.8. The summed E-state index contributed by atoms with van der Waals surface area (Å²) in [5.74, 6) is -4.88. The molecule has 0 radical (unpaired) electrons. The van der Waals surface area contributed by atoms with Gasteiger partial charge in [-0.3, -0.25) is 38.4 Å². The van der Waals surface area contributed by atoms with E-state index in [1.165, 1.54) is 0 Å². The highest BCUT2D eigenvalue weighted by molar-refractivity contribution is 6.06. The zero-order chi connectivity index (χ0) is 55.3. The Morgan fingerprint density at radius 3 is 0.816 bits per heavy atom. The minimum Gasteiger partial charge on any atom is -0.466 e. The second kappa shape index (κ2) is 29.1. The Balaban J connectivity index is 2.08. The lowest BCUT2D eigenvalue weighted by molar-refractivity contribution is -0.143. The number of carbonyl (C=O) groups is 8. The highest BCUT2D eigenvalue weighted by Gasteiger charge is 2.29. The van der Waals surface area contributed by atoms with E-state index in [2.05, 4.69) is 9.97 Å². The molecule has 20 nitrogen and oxygen atoms in total. The molecule has 2 aliphatic heterocycles. The largest absolute Gasteiger partial charge is 0.466 e. The quantitative estimate of drug-likeness (QED) is 0.0649. The average molecular weight is 1050 g/mol. The van der Waals surface area contributed by atoms with Crippen LogP contribution in [-0.4, -0.2) is 121 Å². The molecule has 2 aliphatic rings. The second-order valence-corrected chi connectivity index (χ2v) is 16.7. The van der Waals surface area contributed by atoms with E-state index in [0.717, 1.165) is 0 Å². The molecule has 0 saturated carbocycles. The molecule has 0 aromatic carbocycles. The van der Waals surface area contributed by atoms with E-state index in [1.54, 1.807) is 104 Å². The lowest BCUT2D eigenvalue weighted by Gasteiger charge is -2.09. The number of fused-ring (bicyclic) bond motifs is 8. The molecule has 5 rings (SSSR count). The fourth-order valence-electron chi connectivity index (χ4n) is 8.63. The van der Waals surface area contributed by atoms with Crippen molar-refractivity contribution < 1.29 is 76.3 Å². The van der Waals surface area contributed by atoms with Crippen molar-refractivity contribution >= 4 is 92.1 Å². The van der Waals surface area contributed by atoms with Gasteiger partial charge in [0.05, 0.1) is 127 Å². The standard InChI is InChI=1S/C56H66N4O16/c1-9-69-49(61)23-33-37(27-53(65)73-13-5)45-31-46-38(28-54(66)74-14-6)34(24-50(62)70-10-2)43(58-46)21-18-22-44-36(26-52(64)72-12-4)40(30-56(68)76-16-8)48(60-44)32-47-39(29-55(67)75-15-7)35(25-51(63)71-11-3)42(59-47)20-17-19-41(33)57-45/h17-22,31-32,57-58H,9-16,23-30H2,1-8H3. The monoisotopic (exact) mass is 1050 g/mol. The molecule has 0 spiro atoms. The van der Waals surface area contributed by atoms with Crippen molar-refractivity contribution in [2.45, 2.75) is 107 Å². The maximum atomic E-state index is 13.4. The van der Waals surface area contributed by atoms with E-state index < -0.39 is 47.8 Å². The van der Waals surface area contributed by atoms with E-state index in [9.17, 15) is 38.4 Å². The van der Waals surface area contributed by atoms with E-state index >= 15 is 0 Å². The summed E-state index contributed by atoms with van der Waals surface area (Å²) in [7, 11) is 0. The summed E-state index contributed by atoms with van der Waals surface area (Å²) in [6.45, 7) is 13.8. The Morgan fingerprint density at radius 1 is 0.316 bits per heavy atom. The van der Waals surface area contributed by atoms with Crippen molar-refractivity contribution in [3.63, 3.8) is 0 Å². The third kappa shape index (κ3) is 15.9. The Kier molecular flexibility index (Phi) is 22.5. The maximum absolute atomic E-state index is 13.4. The molecule has 0 unspecified atom stereocenters. The number of H-pyrrole nitrogens is 2. The van der Waals surface area contributed by atoms with Gasteiger partial charge in [-0.1, -0.05) is 12.1 Å². The van der Waals surface area contributed by atoms with Crippen LogP contribution in [0, 0.1) is 0 Å². The van der Waals surface area contributed by atoms with Crippen LogP contribution in [0.1, 0.15) is 126 Å². The van der Waals surface area contributed by atoms with Gasteiger partial charge in [-0.05, 0) is 136 Å². The Labute approximate surface area is 440 Å². The number of aromatic nitrogens is 4. The molecule has 0 saturated heterocycles. The SMILES string of the molecule is CCOC(=O)CC1=C(CC(=O)OCC)c2cc3nc(cccc4[nH]c(cc5[nH]c(cccc1n2)c(CC(=O)OCC)c5CC(=O)OCC)c(CC(=O)OCC)c4CC(=O)OCC)C(CC(=O)OCC)=C3CC(=O)OCC. The molecular weight excluding hydrogens is 985 g/mol. The molecule has 0 amide bonds. The number of nitrogens with one attached hydrogen (secondary N) is 2. The van der Waals surface area contributed by atoms with Gasteiger partial charge in [0.2, 0.25) is 0 Å². The third-order valence-corrected chi connectivity index (χ3v) is 11.6. The lowest BCUT2D eigenvalue weighted by Crippen LogP contribution is -2.12. The Bertz CT molecular complexity index is 2800. The van der Waals surface area contributed by atoms with Gasteiger partial charge in [-0.25, -0.2) is 9.97 Å². The number of nitrogens with zero attached hydrogens (tertiary/aromatic N) is 2. The van der Waals surface area contributed by atoms with Crippen LogP contribution in [0.5, 0.6) is 0 Å². The molecule has 3 aromatic rings. The minimum absolute atomic E-state index is 0.0571. The first-order valence-electron chi connectivity index (χ1n) is 25.4. The van der Waals surface area contributed by atoms with Crippen LogP contribution in [0.15, 0.2) is 48.5 Å². The summed E-state index contributed by atoms with van der Waals surface area (Å²) >= 11 is 0. The predicted molar refractivity (Wildman–Crippen MR) is 279 cm³/mol. The maximum Gasteiger partial charge on any atom is 0.310 e. The summed E-state index contributed by atoms with van der Waals surface area (Å²) in [5.41, 5.74) is 4.89. The van der Waals surface area contributed by atoms with Crippen molar-refractivity contribution in [2.24, 2.45) is 0 Å². The summed E-state index contributed by atoms with van der Waals surface area (Å²) in [5, 5.41) is 0. The number of esters is 8. The fourth-order valence-corrected chi connectivity index (χ4v) is 8.63. The van der Waals surface area contributed by atoms with Crippen LogP contribution in [0.3, 0.4) is 0 Å². The van der Waals surface area contributed by atoms with Gasteiger partial charge in [0.25, 0.3) is 0 Å². The first-order chi connectivity index (χ1) is 36.6. The van der Waals surface area contributed by atoms with Crippen LogP contribution in [0.25, 0.3) is 44.4 Å². The van der Waals surface area contributed by atoms with Crippen molar-refractivity contribution in [1.82, 2.24) is 19.9 Å². The van der Waals surface area contributed by atoms with Crippen LogP contribution >= 0.6 is 0 Å². The van der Waals surface area contributed by atoms with Crippen molar-refractivity contribution in [3.8, 4) is 0 Å². The van der Waals surface area contributed by atoms with Crippen LogP contribution < -0.4 is 0 Å². The van der Waals surface area contributed by atoms with Crippen molar-refractivity contribution in [1.29, 1.82) is 0 Å². The zero-order valence-electron chi connectivity index (χ0n) is 44.4. The Morgan fingerprint density at radius 2 is 0.553 bits per heavy atom. The summed E-state index contributed by atoms with van der Waals surface area (Å²) in [6, 6.07) is 12.8. The summed E-state index contributed by atoms with van der Waals surface area (Å²) < 4.78 is 43.1. The van der Waals surface area contributed by atoms with Gasteiger partial charge in [0.1, 0.15) is 0 Å². The summed E-state index contributed by atoms with van der Waals surface area (Å²) in [4.78, 5) is 124. The third-order valence-electron chi connectivity index (χ3n) is 11.6. The molecule has 0 fully saturated rings. The molecule has 0 atom stereocenters. The molecule has 20 heteroatoms. The van der Waals surface area contributed by atoms with Gasteiger partial charge in [-0.15, -0.1) is 0 Å². The number of aromatic amines is 2.